The van der Waals surface area contributed by atoms with Crippen molar-refractivity contribution in [2.24, 2.45) is 23.3 Å². The van der Waals surface area contributed by atoms with E-state index in [0.717, 1.165) is 0 Å². The Kier molecular flexibility index (Phi) is 18.6. The fourth-order valence-corrected chi connectivity index (χ4v) is 5.50. The number of hydrogen-bond donors (Lipinski definition) is 10. The van der Waals surface area contributed by atoms with Crippen LogP contribution in [0.25, 0.3) is 0 Å². The molecule has 318 valence electrons. The Bertz CT molecular complexity index is 1790. The van der Waals surface area contributed by atoms with Crippen LogP contribution in [-0.4, -0.2) is 100 Å². The zero-order valence-electron chi connectivity index (χ0n) is 32.8. The minimum absolute atomic E-state index is 0.142. The molecule has 7 amide bonds. The van der Waals surface area contributed by atoms with Crippen LogP contribution >= 0.6 is 0 Å². The quantitative estimate of drug-likeness (QED) is 0.0688. The van der Waals surface area contributed by atoms with Crippen molar-refractivity contribution in [3.63, 3.8) is 0 Å². The van der Waals surface area contributed by atoms with Crippen LogP contribution in [0.4, 0.5) is 8.78 Å². The third-order valence-electron chi connectivity index (χ3n) is 8.76. The maximum atomic E-state index is 14.2. The number of nitrogens with one attached hydrogen (secondary N) is 6. The van der Waals surface area contributed by atoms with Gasteiger partial charge in [0.1, 0.15) is 47.6 Å². The number of primary amides is 1. The molecule has 20 heteroatoms. The van der Waals surface area contributed by atoms with E-state index in [-0.39, 0.29) is 6.42 Å². The van der Waals surface area contributed by atoms with Gasteiger partial charge in [0.15, 0.2) is 0 Å². The van der Waals surface area contributed by atoms with Crippen molar-refractivity contribution in [1.29, 1.82) is 0 Å². The number of carboxylic acid groups (broad SMARTS) is 1. The zero-order valence-corrected chi connectivity index (χ0v) is 32.8. The lowest BCUT2D eigenvalue weighted by molar-refractivity contribution is -0.139. The van der Waals surface area contributed by atoms with E-state index >= 15 is 0 Å². The van der Waals surface area contributed by atoms with Gasteiger partial charge in [-0.15, -0.1) is 0 Å². The molecule has 2 aromatic carbocycles. The topological polar surface area (TPSA) is 301 Å². The monoisotopic (exact) mass is 818 g/mol. The molecule has 0 aliphatic heterocycles. The lowest BCUT2D eigenvalue weighted by atomic mass is 9.99. The van der Waals surface area contributed by atoms with E-state index in [1.807, 2.05) is 0 Å². The number of carbonyl (C=O) groups is 8. The van der Waals surface area contributed by atoms with Gasteiger partial charge in [0.25, 0.3) is 0 Å². The Morgan fingerprint density at radius 1 is 0.672 bits per heavy atom. The Balaban J connectivity index is 2.28. The molecule has 2 rings (SSSR count). The molecule has 0 unspecified atom stereocenters. The van der Waals surface area contributed by atoms with Crippen molar-refractivity contribution in [3.8, 4) is 5.75 Å². The summed E-state index contributed by atoms with van der Waals surface area (Å²) in [6, 6.07) is 1.35. The number of halogens is 2. The highest BCUT2D eigenvalue weighted by Gasteiger charge is 2.34. The number of amides is 7. The summed E-state index contributed by atoms with van der Waals surface area (Å²) in [6.07, 6.45) is -1.80. The van der Waals surface area contributed by atoms with Gasteiger partial charge in [0.05, 0.1) is 12.6 Å². The van der Waals surface area contributed by atoms with Crippen molar-refractivity contribution in [2.45, 2.75) is 96.6 Å². The predicted molar refractivity (Wildman–Crippen MR) is 204 cm³/mol. The van der Waals surface area contributed by atoms with Gasteiger partial charge in [-0.2, -0.15) is 0 Å². The minimum atomic E-state index is -1.55. The van der Waals surface area contributed by atoms with Crippen LogP contribution in [0.15, 0.2) is 42.5 Å². The van der Waals surface area contributed by atoms with Crippen molar-refractivity contribution in [1.82, 2.24) is 31.9 Å². The van der Waals surface area contributed by atoms with Gasteiger partial charge in [-0.25, -0.2) is 8.78 Å². The summed E-state index contributed by atoms with van der Waals surface area (Å²) in [4.78, 5) is 103. The summed E-state index contributed by atoms with van der Waals surface area (Å²) in [5.41, 5.74) is 11.0. The third-order valence-corrected chi connectivity index (χ3v) is 8.76. The van der Waals surface area contributed by atoms with Gasteiger partial charge in [0.2, 0.25) is 41.4 Å². The normalized spacial score (nSPS) is 14.2. The molecule has 12 N–H and O–H groups in total. The number of phenols is 1. The molecule has 0 fully saturated rings. The fraction of sp³-hybridized carbons (Fsp3) is 0.474. The maximum Gasteiger partial charge on any atom is 0.303 e. The van der Waals surface area contributed by atoms with E-state index in [4.69, 9.17) is 11.5 Å². The first-order chi connectivity index (χ1) is 27.1. The summed E-state index contributed by atoms with van der Waals surface area (Å²) >= 11 is 0. The Morgan fingerprint density at radius 2 is 1.19 bits per heavy atom. The third kappa shape index (κ3) is 15.4. The molecule has 0 saturated carbocycles. The summed E-state index contributed by atoms with van der Waals surface area (Å²) in [5.74, 6) is -11.4. The minimum Gasteiger partial charge on any atom is -0.508 e. The smallest absolute Gasteiger partial charge is 0.303 e. The van der Waals surface area contributed by atoms with Crippen molar-refractivity contribution in [2.75, 3.05) is 6.54 Å². The Labute approximate surface area is 333 Å². The number of carboxylic acids is 1. The van der Waals surface area contributed by atoms with Crippen molar-refractivity contribution >= 4 is 47.3 Å². The standard InChI is InChI=1S/C38H52F2N8O10/c1-18(2)31(37(57)43-17-29(42)50)48-38(58)32(19(3)4)47-35(55)27(11-12-30(51)52)45-36(56)28(13-21-9-7-6-8-10-21)46-33(53)20(5)44-34(54)26(41)16-23-24(39)14-22(49)15-25(23)40/h6-10,14-15,18-20,26-28,31-32,49H,11-13,16-17,41H2,1-5H3,(H2,42,50)(H,43,57)(H,44,54)(H,45,56)(H,46,53)(H,47,55)(H,48,58)(H,51,52)/t20-,26+,27+,28+,31+,32+/m1/s1. The second-order valence-electron chi connectivity index (χ2n) is 14.3. The molecule has 0 bridgehead atoms. The molecular weight excluding hydrogens is 766 g/mol. The first-order valence-electron chi connectivity index (χ1n) is 18.4. The van der Waals surface area contributed by atoms with Crippen LogP contribution in [-0.2, 0) is 51.2 Å². The Morgan fingerprint density at radius 3 is 1.72 bits per heavy atom. The molecule has 58 heavy (non-hydrogen) atoms. The molecule has 6 atom stereocenters. The van der Waals surface area contributed by atoms with Crippen LogP contribution in [0.2, 0.25) is 0 Å². The lowest BCUT2D eigenvalue weighted by Gasteiger charge is -2.29. The van der Waals surface area contributed by atoms with E-state index in [1.165, 1.54) is 6.92 Å². The fourth-order valence-electron chi connectivity index (χ4n) is 5.50. The maximum absolute atomic E-state index is 14.2. The van der Waals surface area contributed by atoms with Crippen molar-refractivity contribution in [3.05, 3.63) is 65.2 Å². The second kappa shape index (κ2) is 22.5. The summed E-state index contributed by atoms with van der Waals surface area (Å²) in [5, 5.41) is 33.4. The van der Waals surface area contributed by atoms with Gasteiger partial charge in [-0.1, -0.05) is 58.0 Å². The molecule has 0 aliphatic rings. The van der Waals surface area contributed by atoms with Crippen LogP contribution in [0.1, 0.15) is 58.6 Å². The van der Waals surface area contributed by atoms with Crippen LogP contribution in [0.3, 0.4) is 0 Å². The highest BCUT2D eigenvalue weighted by Crippen LogP contribution is 2.20. The van der Waals surface area contributed by atoms with Gasteiger partial charge in [0, 0.05) is 37.0 Å². The molecule has 2 aromatic rings. The average Bonchev–Trinajstić information content (AvgIpc) is 3.14. The van der Waals surface area contributed by atoms with E-state index in [0.29, 0.717) is 17.7 Å². The number of carbonyl (C=O) groups excluding carboxylic acids is 7. The van der Waals surface area contributed by atoms with Gasteiger partial charge in [-0.05, 0) is 30.7 Å². The van der Waals surface area contributed by atoms with E-state index < -0.39 is 144 Å². The van der Waals surface area contributed by atoms with E-state index in [2.05, 4.69) is 31.9 Å². The van der Waals surface area contributed by atoms with Gasteiger partial charge < -0.3 is 53.6 Å². The number of benzene rings is 2. The molecule has 0 spiro atoms. The molecular formula is C38H52F2N8O10. The highest BCUT2D eigenvalue weighted by atomic mass is 19.1. The summed E-state index contributed by atoms with van der Waals surface area (Å²) in [6.45, 7) is 7.23. The first-order valence-corrected chi connectivity index (χ1v) is 18.4. The number of aromatic hydroxyl groups is 1. The summed E-state index contributed by atoms with van der Waals surface area (Å²) in [7, 11) is 0. The summed E-state index contributed by atoms with van der Waals surface area (Å²) < 4.78 is 28.5. The van der Waals surface area contributed by atoms with Crippen LogP contribution in [0, 0.1) is 23.5 Å². The Hall–Kier alpha value is -6.18. The predicted octanol–water partition coefficient (Wildman–Crippen LogP) is -0.995. The molecule has 0 radical (unpaired) electrons. The number of hydrogen-bond acceptors (Lipinski definition) is 10. The van der Waals surface area contributed by atoms with E-state index in [9.17, 15) is 57.4 Å². The molecule has 18 nitrogen and oxygen atoms in total. The highest BCUT2D eigenvalue weighted by molar-refractivity contribution is 5.97. The van der Waals surface area contributed by atoms with Gasteiger partial charge in [-0.3, -0.25) is 38.4 Å². The molecule has 0 aromatic heterocycles. The first kappa shape index (κ1) is 48.0. The molecule has 0 heterocycles. The molecule has 0 aliphatic carbocycles. The van der Waals surface area contributed by atoms with Crippen LogP contribution < -0.4 is 43.4 Å². The number of nitrogens with two attached hydrogens (primary N) is 2. The van der Waals surface area contributed by atoms with E-state index in [1.54, 1.807) is 58.0 Å². The van der Waals surface area contributed by atoms with Crippen LogP contribution in [0.5, 0.6) is 5.75 Å². The van der Waals surface area contributed by atoms with Gasteiger partial charge >= 0.3 is 5.97 Å². The largest absolute Gasteiger partial charge is 0.508 e. The lowest BCUT2D eigenvalue weighted by Crippen LogP contribution is -2.61. The number of rotatable bonds is 22. The average molecular weight is 819 g/mol. The zero-order chi connectivity index (χ0) is 43.9. The number of phenolic OH excluding ortho intramolecular Hbond substituents is 1. The second-order valence-corrected chi connectivity index (χ2v) is 14.3. The number of aliphatic carboxylic acids is 1. The molecule has 0 saturated heterocycles. The van der Waals surface area contributed by atoms with Crippen molar-refractivity contribution < 1.29 is 57.4 Å². The SMILES string of the molecule is CC(C)[C@H](NC(=O)[C@H](CCC(=O)O)NC(=O)[C@H](Cc1ccccc1)NC(=O)[C@@H](C)NC(=O)[C@@H](N)Cc1c(F)cc(O)cc1F)C(=O)N[C@H](C(=O)NCC(N)=O)C(C)C.